The summed E-state index contributed by atoms with van der Waals surface area (Å²) < 4.78 is 36.8. The number of nitrogens with one attached hydrogen (secondary N) is 2. The van der Waals surface area contributed by atoms with Crippen molar-refractivity contribution in [2.45, 2.75) is 6.54 Å². The highest BCUT2D eigenvalue weighted by atomic mass is 19.1. The average molecular weight is 398 g/mol. The van der Waals surface area contributed by atoms with Crippen LogP contribution in [0.5, 0.6) is 11.5 Å². The zero-order valence-corrected chi connectivity index (χ0v) is 15.7. The molecular weight excluding hydrogens is 378 g/mol. The summed E-state index contributed by atoms with van der Waals surface area (Å²) in [5, 5.41) is 5.81. The summed E-state index contributed by atoms with van der Waals surface area (Å²) in [4.78, 5) is 12.0. The number of halogens is 2. The molecule has 0 aliphatic carbocycles. The lowest BCUT2D eigenvalue weighted by molar-refractivity contribution is -0.118. The molecule has 2 N–H and O–H groups in total. The molecule has 0 fully saturated rings. The summed E-state index contributed by atoms with van der Waals surface area (Å²) in [6, 6.07) is 16.9. The Morgan fingerprint density at radius 1 is 0.862 bits per heavy atom. The minimum Gasteiger partial charge on any atom is -0.493 e. The van der Waals surface area contributed by atoms with Crippen molar-refractivity contribution in [2.75, 3.05) is 24.4 Å². The Morgan fingerprint density at radius 2 is 1.48 bits per heavy atom. The van der Waals surface area contributed by atoms with Crippen LogP contribution in [0.3, 0.4) is 0 Å². The van der Waals surface area contributed by atoms with Gasteiger partial charge in [0.1, 0.15) is 11.6 Å². The summed E-state index contributed by atoms with van der Waals surface area (Å²) in [5.74, 6) is -0.133. The predicted molar refractivity (Wildman–Crippen MR) is 107 cm³/mol. The van der Waals surface area contributed by atoms with Gasteiger partial charge in [-0.1, -0.05) is 6.07 Å². The highest BCUT2D eigenvalue weighted by Crippen LogP contribution is 2.28. The second-order valence-corrected chi connectivity index (χ2v) is 6.19. The molecule has 0 aliphatic rings. The van der Waals surface area contributed by atoms with Crippen molar-refractivity contribution >= 4 is 17.3 Å². The molecule has 0 heterocycles. The van der Waals surface area contributed by atoms with Crippen LogP contribution in [0.2, 0.25) is 0 Å². The Bertz CT molecular complexity index is 961. The maximum atomic E-state index is 13.0. The molecule has 0 saturated carbocycles. The molecule has 3 aromatic carbocycles. The topological polar surface area (TPSA) is 59.6 Å². The molecule has 0 spiro atoms. The van der Waals surface area contributed by atoms with Crippen LogP contribution in [0.25, 0.3) is 0 Å². The highest BCUT2D eigenvalue weighted by molar-refractivity contribution is 5.91. The van der Waals surface area contributed by atoms with Gasteiger partial charge in [-0.15, -0.1) is 0 Å². The van der Waals surface area contributed by atoms with Crippen LogP contribution in [-0.4, -0.2) is 19.6 Å². The minimum absolute atomic E-state index is 0.221. The van der Waals surface area contributed by atoms with Gasteiger partial charge in [0.15, 0.2) is 18.1 Å². The molecule has 0 aromatic heterocycles. The van der Waals surface area contributed by atoms with Gasteiger partial charge in [0.25, 0.3) is 5.91 Å². The van der Waals surface area contributed by atoms with Gasteiger partial charge < -0.3 is 20.1 Å². The minimum atomic E-state index is -0.377. The van der Waals surface area contributed by atoms with Gasteiger partial charge in [0, 0.05) is 17.9 Å². The monoisotopic (exact) mass is 398 g/mol. The van der Waals surface area contributed by atoms with E-state index in [9.17, 15) is 13.6 Å². The number of carbonyl (C=O) groups is 1. The number of hydrogen-bond acceptors (Lipinski definition) is 4. The molecular formula is C22H20F2N2O3. The smallest absolute Gasteiger partial charge is 0.262 e. The zero-order chi connectivity index (χ0) is 20.6. The van der Waals surface area contributed by atoms with Gasteiger partial charge in [-0.3, -0.25) is 4.79 Å². The number of benzene rings is 3. The molecule has 0 atom stereocenters. The van der Waals surface area contributed by atoms with Crippen LogP contribution in [0, 0.1) is 11.6 Å². The number of amides is 1. The first kappa shape index (κ1) is 20.1. The first-order valence-electron chi connectivity index (χ1n) is 8.88. The quantitative estimate of drug-likeness (QED) is 0.582. The summed E-state index contributed by atoms with van der Waals surface area (Å²) in [6.45, 7) is 0.286. The molecule has 150 valence electrons. The summed E-state index contributed by atoms with van der Waals surface area (Å²) in [6.07, 6.45) is 0. The van der Waals surface area contributed by atoms with Gasteiger partial charge in [0.2, 0.25) is 0 Å². The summed E-state index contributed by atoms with van der Waals surface area (Å²) in [5.41, 5.74) is 2.20. The standard InChI is InChI=1S/C22H20F2N2O3/c1-28-21-12-15(13-25-18-7-3-16(23)4-8-18)2-11-20(21)29-14-22(27)26-19-9-5-17(24)6-10-19/h2-12,25H,13-14H2,1H3,(H,26,27). The normalized spacial score (nSPS) is 10.3. The van der Waals surface area contributed by atoms with Crippen molar-refractivity contribution in [1.29, 1.82) is 0 Å². The van der Waals surface area contributed by atoms with Gasteiger partial charge in [0.05, 0.1) is 7.11 Å². The Labute approximate surface area is 167 Å². The lowest BCUT2D eigenvalue weighted by atomic mass is 10.2. The first-order valence-corrected chi connectivity index (χ1v) is 8.88. The van der Waals surface area contributed by atoms with E-state index in [0.717, 1.165) is 11.3 Å². The second-order valence-electron chi connectivity index (χ2n) is 6.19. The molecule has 1 amide bonds. The van der Waals surface area contributed by atoms with Crippen molar-refractivity contribution < 1.29 is 23.0 Å². The van der Waals surface area contributed by atoms with Crippen LogP contribution in [-0.2, 0) is 11.3 Å². The van der Waals surface area contributed by atoms with E-state index in [0.29, 0.717) is 23.7 Å². The Morgan fingerprint density at radius 3 is 2.10 bits per heavy atom. The molecule has 0 radical (unpaired) electrons. The zero-order valence-electron chi connectivity index (χ0n) is 15.7. The summed E-state index contributed by atoms with van der Waals surface area (Å²) in [7, 11) is 1.51. The number of ether oxygens (including phenoxy) is 2. The molecule has 0 aliphatic heterocycles. The Hall–Kier alpha value is -3.61. The molecule has 3 aromatic rings. The fourth-order valence-electron chi connectivity index (χ4n) is 2.59. The third-order valence-corrected chi connectivity index (χ3v) is 4.06. The van der Waals surface area contributed by atoms with E-state index >= 15 is 0 Å². The molecule has 0 saturated heterocycles. The van der Waals surface area contributed by atoms with E-state index in [1.54, 1.807) is 24.3 Å². The number of anilines is 2. The molecule has 3 rings (SSSR count). The van der Waals surface area contributed by atoms with E-state index < -0.39 is 0 Å². The fourth-order valence-corrected chi connectivity index (χ4v) is 2.59. The maximum Gasteiger partial charge on any atom is 0.262 e. The number of carbonyl (C=O) groups excluding carboxylic acids is 1. The lowest BCUT2D eigenvalue weighted by Gasteiger charge is -2.13. The van der Waals surface area contributed by atoms with E-state index in [1.807, 2.05) is 6.07 Å². The van der Waals surface area contributed by atoms with Crippen molar-refractivity contribution in [3.8, 4) is 11.5 Å². The maximum absolute atomic E-state index is 13.0. The van der Waals surface area contributed by atoms with E-state index in [1.165, 1.54) is 43.5 Å². The van der Waals surface area contributed by atoms with Gasteiger partial charge in [-0.05, 0) is 66.2 Å². The molecule has 0 unspecified atom stereocenters. The van der Waals surface area contributed by atoms with Gasteiger partial charge in [-0.25, -0.2) is 8.78 Å². The largest absolute Gasteiger partial charge is 0.493 e. The van der Waals surface area contributed by atoms with Crippen molar-refractivity contribution in [1.82, 2.24) is 0 Å². The van der Waals surface area contributed by atoms with E-state index in [4.69, 9.17) is 9.47 Å². The third kappa shape index (κ3) is 5.93. The van der Waals surface area contributed by atoms with Gasteiger partial charge in [-0.2, -0.15) is 0 Å². The average Bonchev–Trinajstić information content (AvgIpc) is 2.73. The van der Waals surface area contributed by atoms with Crippen LogP contribution < -0.4 is 20.1 Å². The number of hydrogen-bond donors (Lipinski definition) is 2. The van der Waals surface area contributed by atoms with Crippen LogP contribution in [0.1, 0.15) is 5.56 Å². The molecule has 7 heteroatoms. The predicted octanol–water partition coefficient (Wildman–Crippen LogP) is 4.60. The molecule has 5 nitrogen and oxygen atoms in total. The van der Waals surface area contributed by atoms with Crippen molar-refractivity contribution in [2.24, 2.45) is 0 Å². The number of rotatable bonds is 8. The highest BCUT2D eigenvalue weighted by Gasteiger charge is 2.09. The van der Waals surface area contributed by atoms with Crippen LogP contribution in [0.15, 0.2) is 66.7 Å². The third-order valence-electron chi connectivity index (χ3n) is 4.06. The molecule has 29 heavy (non-hydrogen) atoms. The second kappa shape index (κ2) is 9.54. The molecule has 0 bridgehead atoms. The van der Waals surface area contributed by atoms with Gasteiger partial charge >= 0.3 is 0 Å². The number of methoxy groups -OCH3 is 1. The first-order chi connectivity index (χ1) is 14.0. The van der Waals surface area contributed by atoms with Crippen LogP contribution in [0.4, 0.5) is 20.2 Å². The van der Waals surface area contributed by atoms with E-state index in [2.05, 4.69) is 10.6 Å². The Kier molecular flexibility index (Phi) is 6.63. The van der Waals surface area contributed by atoms with Crippen LogP contribution >= 0.6 is 0 Å². The van der Waals surface area contributed by atoms with Crippen molar-refractivity contribution in [3.05, 3.63) is 83.9 Å². The van der Waals surface area contributed by atoms with E-state index in [-0.39, 0.29) is 24.1 Å². The lowest BCUT2D eigenvalue weighted by Crippen LogP contribution is -2.20. The fraction of sp³-hybridized carbons (Fsp3) is 0.136. The Balaban J connectivity index is 1.55. The van der Waals surface area contributed by atoms with Crippen molar-refractivity contribution in [3.63, 3.8) is 0 Å². The summed E-state index contributed by atoms with van der Waals surface area (Å²) >= 11 is 0. The SMILES string of the molecule is COc1cc(CNc2ccc(F)cc2)ccc1OCC(=O)Nc1ccc(F)cc1.